The Bertz CT molecular complexity index is 944. The third-order valence-electron chi connectivity index (χ3n) is 4.35. The van der Waals surface area contributed by atoms with Gasteiger partial charge in [0.25, 0.3) is 5.69 Å². The van der Waals surface area contributed by atoms with Crippen LogP contribution in [-0.4, -0.2) is 19.6 Å². The van der Waals surface area contributed by atoms with Gasteiger partial charge in [-0.05, 0) is 54.7 Å². The van der Waals surface area contributed by atoms with Crippen LogP contribution < -0.4 is 5.32 Å². The van der Waals surface area contributed by atoms with Gasteiger partial charge in [-0.2, -0.15) is 0 Å². The fourth-order valence-corrected chi connectivity index (χ4v) is 3.76. The number of rotatable bonds is 4. The minimum atomic E-state index is -3.54. The number of sulfone groups is 1. The fourth-order valence-electron chi connectivity index (χ4n) is 3.12. The van der Waals surface area contributed by atoms with E-state index in [2.05, 4.69) is 5.32 Å². The summed E-state index contributed by atoms with van der Waals surface area (Å²) in [4.78, 5) is 10.6. The largest absolute Gasteiger partial charge is 0.373 e. The van der Waals surface area contributed by atoms with Crippen LogP contribution in [0.25, 0.3) is 0 Å². The van der Waals surface area contributed by atoms with Crippen LogP contribution in [-0.2, 0) is 16.3 Å². The zero-order valence-electron chi connectivity index (χ0n) is 13.5. The molecule has 1 atom stereocenters. The molecule has 0 fully saturated rings. The minimum Gasteiger partial charge on any atom is -0.373 e. The number of halogens is 1. The Hall–Kier alpha value is -2.48. The molecule has 0 aromatic heterocycles. The number of hydrogen-bond donors (Lipinski definition) is 1. The van der Waals surface area contributed by atoms with Crippen LogP contribution >= 0.6 is 0 Å². The summed E-state index contributed by atoms with van der Waals surface area (Å²) in [5.41, 5.74) is 1.71. The second-order valence-corrected chi connectivity index (χ2v) is 8.16. The molecule has 132 valence electrons. The number of nitrogens with zero attached hydrogens (tertiary/aromatic N) is 1. The van der Waals surface area contributed by atoms with E-state index in [1.165, 1.54) is 24.3 Å². The van der Waals surface area contributed by atoms with Crippen LogP contribution in [0.4, 0.5) is 15.8 Å². The molecule has 3 rings (SSSR count). The molecule has 2 aromatic carbocycles. The Balaban J connectivity index is 1.99. The molecular weight excluding hydrogens is 347 g/mol. The van der Waals surface area contributed by atoms with E-state index in [4.69, 9.17) is 0 Å². The van der Waals surface area contributed by atoms with Crippen LogP contribution in [0.1, 0.15) is 30.0 Å². The molecule has 1 N–H and O–H groups in total. The Labute approximate surface area is 144 Å². The lowest BCUT2D eigenvalue weighted by Gasteiger charge is -2.27. The van der Waals surface area contributed by atoms with E-state index in [1.54, 1.807) is 6.07 Å². The summed E-state index contributed by atoms with van der Waals surface area (Å²) < 4.78 is 36.8. The number of nitro benzene ring substituents is 1. The van der Waals surface area contributed by atoms with Gasteiger partial charge >= 0.3 is 0 Å². The van der Waals surface area contributed by atoms with Crippen molar-refractivity contribution >= 4 is 21.2 Å². The average Bonchev–Trinajstić information content (AvgIpc) is 2.54. The first-order valence-electron chi connectivity index (χ1n) is 7.79. The van der Waals surface area contributed by atoms with Crippen molar-refractivity contribution in [3.05, 3.63) is 63.5 Å². The molecule has 0 bridgehead atoms. The number of aryl methyl sites for hydroxylation is 1. The van der Waals surface area contributed by atoms with Gasteiger partial charge in [-0.1, -0.05) is 6.07 Å². The lowest BCUT2D eigenvalue weighted by molar-refractivity contribution is -0.384. The van der Waals surface area contributed by atoms with Gasteiger partial charge < -0.3 is 5.32 Å². The SMILES string of the molecule is CS(=O)(=O)c1ccc(NC2CCCc3ccc(F)cc32)c([N+](=O)[O-])c1. The summed E-state index contributed by atoms with van der Waals surface area (Å²) in [6, 6.07) is 8.10. The monoisotopic (exact) mass is 364 g/mol. The molecule has 1 aliphatic rings. The molecule has 0 spiro atoms. The molecule has 6 nitrogen and oxygen atoms in total. The first kappa shape index (κ1) is 17.3. The fraction of sp³-hybridized carbons (Fsp3) is 0.294. The molecule has 25 heavy (non-hydrogen) atoms. The normalized spacial score (nSPS) is 17.0. The zero-order chi connectivity index (χ0) is 18.2. The van der Waals surface area contributed by atoms with Crippen LogP contribution in [0, 0.1) is 15.9 Å². The van der Waals surface area contributed by atoms with E-state index in [1.807, 2.05) is 0 Å². The minimum absolute atomic E-state index is 0.111. The molecular formula is C17H17FN2O4S. The predicted octanol–water partition coefficient (Wildman–Crippen LogP) is 3.63. The highest BCUT2D eigenvalue weighted by Gasteiger charge is 2.25. The Morgan fingerprint density at radius 1 is 1.24 bits per heavy atom. The third-order valence-corrected chi connectivity index (χ3v) is 5.46. The third kappa shape index (κ3) is 3.63. The number of nitrogens with one attached hydrogen (secondary N) is 1. The number of hydrogen-bond acceptors (Lipinski definition) is 5. The van der Waals surface area contributed by atoms with Crippen molar-refractivity contribution in [1.29, 1.82) is 0 Å². The zero-order valence-corrected chi connectivity index (χ0v) is 14.3. The lowest BCUT2D eigenvalue weighted by atomic mass is 9.87. The van der Waals surface area contributed by atoms with Gasteiger partial charge in [-0.15, -0.1) is 0 Å². The van der Waals surface area contributed by atoms with E-state index in [9.17, 15) is 22.9 Å². The van der Waals surface area contributed by atoms with E-state index >= 15 is 0 Å². The van der Waals surface area contributed by atoms with E-state index in [-0.39, 0.29) is 28.1 Å². The van der Waals surface area contributed by atoms with Crippen molar-refractivity contribution in [2.24, 2.45) is 0 Å². The van der Waals surface area contributed by atoms with Gasteiger partial charge in [0, 0.05) is 12.3 Å². The molecule has 0 saturated carbocycles. The standard InChI is InChI=1S/C17H17FN2O4S/c1-25(23,24)13-7-8-16(17(10-13)20(21)22)19-15-4-2-3-11-5-6-12(18)9-14(11)15/h5-10,15,19H,2-4H2,1H3. The van der Waals surface area contributed by atoms with E-state index in [0.29, 0.717) is 6.42 Å². The van der Waals surface area contributed by atoms with Gasteiger partial charge in [0.05, 0.1) is 15.9 Å². The van der Waals surface area contributed by atoms with Crippen LogP contribution in [0.2, 0.25) is 0 Å². The van der Waals surface area contributed by atoms with Crippen molar-refractivity contribution in [2.75, 3.05) is 11.6 Å². The number of benzene rings is 2. The lowest BCUT2D eigenvalue weighted by Crippen LogP contribution is -2.18. The van der Waals surface area contributed by atoms with Gasteiger partial charge in [-0.25, -0.2) is 12.8 Å². The van der Waals surface area contributed by atoms with Crippen molar-refractivity contribution in [1.82, 2.24) is 0 Å². The molecule has 0 heterocycles. The summed E-state index contributed by atoms with van der Waals surface area (Å²) in [6.07, 6.45) is 3.43. The van der Waals surface area contributed by atoms with Gasteiger partial charge in [0.1, 0.15) is 11.5 Å². The summed E-state index contributed by atoms with van der Waals surface area (Å²) in [5.74, 6) is -0.352. The predicted molar refractivity (Wildman–Crippen MR) is 91.9 cm³/mol. The van der Waals surface area contributed by atoms with Crippen molar-refractivity contribution in [3.8, 4) is 0 Å². The Kier molecular flexibility index (Phi) is 4.47. The smallest absolute Gasteiger partial charge is 0.293 e. The maximum Gasteiger partial charge on any atom is 0.293 e. The quantitative estimate of drug-likeness (QED) is 0.661. The number of anilines is 1. The van der Waals surface area contributed by atoms with E-state index in [0.717, 1.165) is 36.3 Å². The number of nitro groups is 1. The van der Waals surface area contributed by atoms with Crippen molar-refractivity contribution < 1.29 is 17.7 Å². The molecule has 8 heteroatoms. The molecule has 1 unspecified atom stereocenters. The maximum atomic E-state index is 13.6. The molecule has 1 aliphatic carbocycles. The second-order valence-electron chi connectivity index (χ2n) is 6.14. The highest BCUT2D eigenvalue weighted by Crippen LogP contribution is 2.36. The summed E-state index contributed by atoms with van der Waals surface area (Å²) in [7, 11) is -3.54. The molecule has 0 radical (unpaired) electrons. The first-order valence-corrected chi connectivity index (χ1v) is 9.68. The Morgan fingerprint density at radius 2 is 2.00 bits per heavy atom. The Morgan fingerprint density at radius 3 is 2.68 bits per heavy atom. The van der Waals surface area contributed by atoms with Crippen LogP contribution in [0.15, 0.2) is 41.3 Å². The van der Waals surface area contributed by atoms with Crippen LogP contribution in [0.5, 0.6) is 0 Å². The molecule has 0 saturated heterocycles. The maximum absolute atomic E-state index is 13.6. The van der Waals surface area contributed by atoms with Crippen molar-refractivity contribution in [3.63, 3.8) is 0 Å². The molecule has 2 aromatic rings. The molecule has 0 aliphatic heterocycles. The summed E-state index contributed by atoms with van der Waals surface area (Å²) >= 11 is 0. The van der Waals surface area contributed by atoms with Gasteiger partial charge in [-0.3, -0.25) is 10.1 Å². The van der Waals surface area contributed by atoms with Crippen molar-refractivity contribution in [2.45, 2.75) is 30.2 Å². The number of fused-ring (bicyclic) bond motifs is 1. The highest BCUT2D eigenvalue weighted by molar-refractivity contribution is 7.90. The van der Waals surface area contributed by atoms with Crippen LogP contribution in [0.3, 0.4) is 0 Å². The topological polar surface area (TPSA) is 89.3 Å². The summed E-state index contributed by atoms with van der Waals surface area (Å²) in [6.45, 7) is 0. The summed E-state index contributed by atoms with van der Waals surface area (Å²) in [5, 5.41) is 14.4. The van der Waals surface area contributed by atoms with Gasteiger partial charge in [0.15, 0.2) is 9.84 Å². The van der Waals surface area contributed by atoms with E-state index < -0.39 is 14.8 Å². The first-order chi connectivity index (χ1) is 11.8. The second kappa shape index (κ2) is 6.44. The van der Waals surface area contributed by atoms with Gasteiger partial charge in [0.2, 0.25) is 0 Å². The highest BCUT2D eigenvalue weighted by atomic mass is 32.2. The average molecular weight is 364 g/mol. The molecule has 0 amide bonds.